The molecule has 0 heterocycles. The molecule has 0 atom stereocenters. The number of hydrogen-bond acceptors (Lipinski definition) is 4. The fourth-order valence-corrected chi connectivity index (χ4v) is 2.45. The Kier molecular flexibility index (Phi) is 2.50. The number of fused-ring (bicyclic) bond motifs is 3. The molecular weight excluding hydrogens is 268 g/mol. The number of halogens is 1. The first kappa shape index (κ1) is 11.7. The normalized spacial score (nSPS) is 14.3. The molecule has 2 aromatic carbocycles. The van der Waals surface area contributed by atoms with Gasteiger partial charge in [-0.2, -0.15) is 0 Å². The summed E-state index contributed by atoms with van der Waals surface area (Å²) < 4.78 is 0. The van der Waals surface area contributed by atoms with Crippen LogP contribution in [-0.2, 0) is 0 Å². The fraction of sp³-hybridized carbons (Fsp3) is 0. The predicted octanol–water partition coefficient (Wildman–Crippen LogP) is 3.46. The summed E-state index contributed by atoms with van der Waals surface area (Å²) >= 11 is 5.93. The van der Waals surface area contributed by atoms with Gasteiger partial charge in [0, 0.05) is 28.3 Å². The lowest BCUT2D eigenvalue weighted by molar-refractivity contribution is -0.384. The second-order valence-electron chi connectivity index (χ2n) is 4.13. The van der Waals surface area contributed by atoms with Crippen LogP contribution in [0.25, 0.3) is 11.1 Å². The molecule has 1 aliphatic rings. The van der Waals surface area contributed by atoms with E-state index in [1.807, 2.05) is 0 Å². The first-order valence-corrected chi connectivity index (χ1v) is 5.81. The quantitative estimate of drug-likeness (QED) is 0.419. The molecule has 0 fully saturated rings. The predicted molar refractivity (Wildman–Crippen MR) is 71.0 cm³/mol. The third-order valence-electron chi connectivity index (χ3n) is 3.10. The maximum Gasteiger partial charge on any atom is 0.270 e. The zero-order valence-electron chi connectivity index (χ0n) is 9.50. The van der Waals surface area contributed by atoms with Gasteiger partial charge in [-0.3, -0.25) is 10.1 Å². The van der Waals surface area contributed by atoms with Gasteiger partial charge in [-0.15, -0.1) is 0 Å². The molecule has 0 bridgehead atoms. The van der Waals surface area contributed by atoms with Crippen LogP contribution in [0.3, 0.4) is 0 Å². The summed E-state index contributed by atoms with van der Waals surface area (Å²) in [7, 11) is 0. The number of nitro groups is 1. The van der Waals surface area contributed by atoms with Gasteiger partial charge in [0.05, 0.1) is 4.92 Å². The molecule has 1 aliphatic carbocycles. The van der Waals surface area contributed by atoms with E-state index in [0.717, 1.165) is 11.1 Å². The number of oxime groups is 1. The van der Waals surface area contributed by atoms with Crippen molar-refractivity contribution < 1.29 is 10.1 Å². The number of hydrogen-bond donors (Lipinski definition) is 1. The molecule has 0 radical (unpaired) electrons. The van der Waals surface area contributed by atoms with E-state index in [1.165, 1.54) is 12.1 Å². The van der Waals surface area contributed by atoms with Crippen molar-refractivity contribution in [1.29, 1.82) is 0 Å². The van der Waals surface area contributed by atoms with Crippen LogP contribution >= 0.6 is 11.6 Å². The smallest absolute Gasteiger partial charge is 0.270 e. The van der Waals surface area contributed by atoms with Crippen molar-refractivity contribution >= 4 is 23.0 Å². The van der Waals surface area contributed by atoms with Crippen LogP contribution in [0.5, 0.6) is 0 Å². The lowest BCUT2D eigenvalue weighted by atomic mass is 10.1. The highest BCUT2D eigenvalue weighted by atomic mass is 35.5. The zero-order chi connectivity index (χ0) is 13.6. The average molecular weight is 275 g/mol. The summed E-state index contributed by atoms with van der Waals surface area (Å²) in [5, 5.41) is 23.7. The Bertz CT molecular complexity index is 741. The molecular formula is C13H7ClN2O3. The van der Waals surface area contributed by atoms with E-state index in [0.29, 0.717) is 21.9 Å². The largest absolute Gasteiger partial charge is 0.410 e. The highest BCUT2D eigenvalue weighted by molar-refractivity contribution is 6.32. The van der Waals surface area contributed by atoms with Gasteiger partial charge in [-0.25, -0.2) is 0 Å². The van der Waals surface area contributed by atoms with Gasteiger partial charge >= 0.3 is 0 Å². The first-order chi connectivity index (χ1) is 9.11. The van der Waals surface area contributed by atoms with E-state index < -0.39 is 4.92 Å². The molecule has 5 nitrogen and oxygen atoms in total. The molecule has 0 saturated heterocycles. The minimum atomic E-state index is -0.481. The van der Waals surface area contributed by atoms with E-state index in [1.54, 1.807) is 24.3 Å². The van der Waals surface area contributed by atoms with Gasteiger partial charge in [0.1, 0.15) is 5.71 Å². The van der Waals surface area contributed by atoms with Crippen LogP contribution in [0.4, 0.5) is 5.69 Å². The third kappa shape index (κ3) is 1.67. The molecule has 0 unspecified atom stereocenters. The monoisotopic (exact) mass is 274 g/mol. The van der Waals surface area contributed by atoms with Crippen molar-refractivity contribution in [2.45, 2.75) is 0 Å². The van der Waals surface area contributed by atoms with E-state index in [-0.39, 0.29) is 5.69 Å². The van der Waals surface area contributed by atoms with Crippen molar-refractivity contribution in [3.05, 3.63) is 62.7 Å². The van der Waals surface area contributed by atoms with Gasteiger partial charge in [-0.05, 0) is 29.3 Å². The first-order valence-electron chi connectivity index (χ1n) is 5.43. The lowest BCUT2D eigenvalue weighted by Crippen LogP contribution is -1.99. The number of non-ortho nitro benzene ring substituents is 1. The van der Waals surface area contributed by atoms with E-state index >= 15 is 0 Å². The summed E-state index contributed by atoms with van der Waals surface area (Å²) in [6, 6.07) is 9.69. The van der Waals surface area contributed by atoms with Crippen LogP contribution in [0.2, 0.25) is 5.02 Å². The second kappa shape index (κ2) is 4.07. The Hall–Kier alpha value is -2.40. The molecule has 19 heavy (non-hydrogen) atoms. The molecule has 0 aliphatic heterocycles. The Morgan fingerprint density at radius 1 is 1.05 bits per heavy atom. The fourth-order valence-electron chi connectivity index (χ4n) is 2.28. The maximum absolute atomic E-state index is 10.8. The van der Waals surface area contributed by atoms with Crippen molar-refractivity contribution in [3.63, 3.8) is 0 Å². The lowest BCUT2D eigenvalue weighted by Gasteiger charge is -1.99. The standard InChI is InChI=1S/C13H7ClN2O3/c14-7-1-3-9-10-4-2-8(16(18)19)6-12(10)13(15-17)11(9)5-7/h1-6,17H. The number of rotatable bonds is 1. The summed E-state index contributed by atoms with van der Waals surface area (Å²) in [6.45, 7) is 0. The number of nitrogens with zero attached hydrogens (tertiary/aromatic N) is 2. The Morgan fingerprint density at radius 3 is 2.32 bits per heavy atom. The maximum atomic E-state index is 10.8. The average Bonchev–Trinajstić information content (AvgIpc) is 2.70. The summed E-state index contributed by atoms with van der Waals surface area (Å²) in [5.74, 6) is 0. The summed E-state index contributed by atoms with van der Waals surface area (Å²) in [6.07, 6.45) is 0. The van der Waals surface area contributed by atoms with Gasteiger partial charge in [0.25, 0.3) is 5.69 Å². The third-order valence-corrected chi connectivity index (χ3v) is 3.33. The summed E-state index contributed by atoms with van der Waals surface area (Å²) in [5.41, 5.74) is 3.11. The second-order valence-corrected chi connectivity index (χ2v) is 4.56. The molecule has 0 spiro atoms. The molecule has 0 amide bonds. The number of benzene rings is 2. The molecule has 0 aromatic heterocycles. The molecule has 0 saturated carbocycles. The van der Waals surface area contributed by atoms with Gasteiger partial charge in [0.2, 0.25) is 0 Å². The van der Waals surface area contributed by atoms with Gasteiger partial charge in [0.15, 0.2) is 0 Å². The topological polar surface area (TPSA) is 75.7 Å². The Morgan fingerprint density at radius 2 is 1.68 bits per heavy atom. The molecule has 2 aromatic rings. The van der Waals surface area contributed by atoms with Crippen molar-refractivity contribution in [1.82, 2.24) is 0 Å². The van der Waals surface area contributed by atoms with Crippen LogP contribution in [0, 0.1) is 10.1 Å². The Labute approximate surface area is 112 Å². The minimum Gasteiger partial charge on any atom is -0.410 e. The zero-order valence-corrected chi connectivity index (χ0v) is 10.3. The molecule has 1 N–H and O–H groups in total. The molecule has 6 heteroatoms. The SMILES string of the molecule is O=[N+]([O-])c1ccc2c(c1)C(=NO)c1cc(Cl)ccc1-2. The van der Waals surface area contributed by atoms with E-state index in [2.05, 4.69) is 5.16 Å². The van der Waals surface area contributed by atoms with Crippen LogP contribution in [0.1, 0.15) is 11.1 Å². The summed E-state index contributed by atoms with van der Waals surface area (Å²) in [4.78, 5) is 10.3. The van der Waals surface area contributed by atoms with Gasteiger partial charge < -0.3 is 5.21 Å². The van der Waals surface area contributed by atoms with Crippen LogP contribution in [0.15, 0.2) is 41.6 Å². The van der Waals surface area contributed by atoms with E-state index in [4.69, 9.17) is 16.8 Å². The minimum absolute atomic E-state index is 0.0428. The van der Waals surface area contributed by atoms with Crippen molar-refractivity contribution in [2.75, 3.05) is 0 Å². The molecule has 3 rings (SSSR count). The van der Waals surface area contributed by atoms with Crippen molar-refractivity contribution in [3.8, 4) is 11.1 Å². The van der Waals surface area contributed by atoms with Gasteiger partial charge in [-0.1, -0.05) is 22.8 Å². The van der Waals surface area contributed by atoms with Crippen LogP contribution < -0.4 is 0 Å². The highest BCUT2D eigenvalue weighted by Crippen LogP contribution is 2.39. The van der Waals surface area contributed by atoms with E-state index in [9.17, 15) is 10.1 Å². The Balaban J connectivity index is 2.30. The number of nitro benzene ring substituents is 1. The van der Waals surface area contributed by atoms with Crippen molar-refractivity contribution in [2.24, 2.45) is 5.16 Å². The van der Waals surface area contributed by atoms with Crippen LogP contribution in [-0.4, -0.2) is 15.8 Å². The molecule has 94 valence electrons. The highest BCUT2D eigenvalue weighted by Gasteiger charge is 2.27.